The molecule has 136 valence electrons. The Morgan fingerprint density at radius 3 is 2.36 bits per heavy atom. The van der Waals surface area contributed by atoms with E-state index in [4.69, 9.17) is 10.5 Å². The van der Waals surface area contributed by atoms with Crippen molar-refractivity contribution in [1.82, 2.24) is 0 Å². The third-order valence-electron chi connectivity index (χ3n) is 4.03. The van der Waals surface area contributed by atoms with E-state index in [0.29, 0.717) is 11.3 Å². The minimum Gasteiger partial charge on any atom is -0.490 e. The molecule has 0 bridgehead atoms. The van der Waals surface area contributed by atoms with Crippen molar-refractivity contribution in [2.75, 3.05) is 6.61 Å². The van der Waals surface area contributed by atoms with Crippen molar-refractivity contribution in [2.45, 2.75) is 25.8 Å². The van der Waals surface area contributed by atoms with Crippen molar-refractivity contribution >= 4 is 6.34 Å². The van der Waals surface area contributed by atoms with Gasteiger partial charge in [0.05, 0.1) is 6.34 Å². The SMILES string of the molecule is CC1(C)C=C/C(=C\N=CN)C1(O)COc1ccc(OC(F)(F)F)cc1. The van der Waals surface area contributed by atoms with E-state index in [0.717, 1.165) is 18.5 Å². The average Bonchev–Trinajstić information content (AvgIpc) is 2.74. The Morgan fingerprint density at radius 1 is 1.20 bits per heavy atom. The van der Waals surface area contributed by atoms with Crippen molar-refractivity contribution in [3.63, 3.8) is 0 Å². The highest BCUT2D eigenvalue weighted by atomic mass is 19.4. The molecule has 0 saturated carbocycles. The van der Waals surface area contributed by atoms with E-state index in [1.165, 1.54) is 18.3 Å². The third-order valence-corrected chi connectivity index (χ3v) is 4.03. The lowest BCUT2D eigenvalue weighted by Crippen LogP contribution is -2.47. The van der Waals surface area contributed by atoms with Crippen molar-refractivity contribution < 1.29 is 27.8 Å². The average molecular weight is 356 g/mol. The van der Waals surface area contributed by atoms with Crippen LogP contribution in [0.3, 0.4) is 0 Å². The quantitative estimate of drug-likeness (QED) is 0.628. The van der Waals surface area contributed by atoms with Gasteiger partial charge in [0.1, 0.15) is 23.7 Å². The molecule has 0 heterocycles. The number of halogens is 3. The lowest BCUT2D eigenvalue weighted by molar-refractivity contribution is -0.274. The van der Waals surface area contributed by atoms with Gasteiger partial charge in [0.15, 0.2) is 0 Å². The lowest BCUT2D eigenvalue weighted by atomic mass is 9.76. The van der Waals surface area contributed by atoms with Crippen LogP contribution in [-0.2, 0) is 0 Å². The highest BCUT2D eigenvalue weighted by Crippen LogP contribution is 2.44. The van der Waals surface area contributed by atoms with Gasteiger partial charge in [-0.05, 0) is 24.3 Å². The van der Waals surface area contributed by atoms with Gasteiger partial charge in [-0.2, -0.15) is 0 Å². The van der Waals surface area contributed by atoms with Crippen LogP contribution in [0.4, 0.5) is 13.2 Å². The van der Waals surface area contributed by atoms with Crippen LogP contribution in [-0.4, -0.2) is 30.0 Å². The summed E-state index contributed by atoms with van der Waals surface area (Å²) >= 11 is 0. The van der Waals surface area contributed by atoms with Gasteiger partial charge in [0.2, 0.25) is 0 Å². The molecule has 0 radical (unpaired) electrons. The summed E-state index contributed by atoms with van der Waals surface area (Å²) in [5, 5.41) is 11.0. The van der Waals surface area contributed by atoms with E-state index < -0.39 is 17.4 Å². The second-order valence-electron chi connectivity index (χ2n) is 6.11. The van der Waals surface area contributed by atoms with Gasteiger partial charge >= 0.3 is 6.36 Å². The number of alkyl halides is 3. The number of hydrogen-bond acceptors (Lipinski definition) is 4. The van der Waals surface area contributed by atoms with E-state index in [-0.39, 0.29) is 12.4 Å². The predicted octanol–water partition coefficient (Wildman–Crippen LogP) is 3.16. The molecule has 1 aromatic carbocycles. The summed E-state index contributed by atoms with van der Waals surface area (Å²) in [5.41, 5.74) is 3.76. The molecule has 1 aromatic rings. The highest BCUT2D eigenvalue weighted by molar-refractivity contribution is 5.53. The second-order valence-corrected chi connectivity index (χ2v) is 6.11. The predicted molar refractivity (Wildman–Crippen MR) is 87.3 cm³/mol. The van der Waals surface area contributed by atoms with Gasteiger partial charge in [-0.25, -0.2) is 4.99 Å². The zero-order valence-corrected chi connectivity index (χ0v) is 13.7. The van der Waals surface area contributed by atoms with Crippen molar-refractivity contribution in [1.29, 1.82) is 0 Å². The van der Waals surface area contributed by atoms with Crippen LogP contribution in [0.25, 0.3) is 0 Å². The summed E-state index contributed by atoms with van der Waals surface area (Å²) in [6.45, 7) is 3.55. The lowest BCUT2D eigenvalue weighted by Gasteiger charge is -2.37. The maximum Gasteiger partial charge on any atom is 0.573 e. The Balaban J connectivity index is 2.11. The van der Waals surface area contributed by atoms with E-state index in [9.17, 15) is 18.3 Å². The Labute approximate surface area is 143 Å². The number of aliphatic imine (C=N–C) groups is 1. The first-order valence-corrected chi connectivity index (χ1v) is 7.42. The summed E-state index contributed by atoms with van der Waals surface area (Å²) in [6, 6.07) is 4.95. The number of rotatable bonds is 5. The van der Waals surface area contributed by atoms with Crippen LogP contribution < -0.4 is 15.2 Å². The van der Waals surface area contributed by atoms with E-state index in [1.54, 1.807) is 6.08 Å². The summed E-state index contributed by atoms with van der Waals surface area (Å²) in [7, 11) is 0. The Bertz CT molecular complexity index is 694. The van der Waals surface area contributed by atoms with Gasteiger partial charge in [-0.1, -0.05) is 26.0 Å². The van der Waals surface area contributed by atoms with E-state index >= 15 is 0 Å². The van der Waals surface area contributed by atoms with Crippen LogP contribution >= 0.6 is 0 Å². The minimum absolute atomic E-state index is 0.113. The molecular formula is C17H19F3N2O3. The molecule has 5 nitrogen and oxygen atoms in total. The molecule has 0 saturated heterocycles. The van der Waals surface area contributed by atoms with Crippen LogP contribution in [0.15, 0.2) is 53.2 Å². The van der Waals surface area contributed by atoms with Crippen LogP contribution in [0, 0.1) is 5.41 Å². The van der Waals surface area contributed by atoms with Crippen molar-refractivity contribution in [3.05, 3.63) is 48.2 Å². The van der Waals surface area contributed by atoms with Crippen LogP contribution in [0.5, 0.6) is 11.5 Å². The topological polar surface area (TPSA) is 77.1 Å². The minimum atomic E-state index is -4.75. The molecule has 1 unspecified atom stereocenters. The molecule has 0 fully saturated rings. The summed E-state index contributed by atoms with van der Waals surface area (Å²) in [5.74, 6) is -0.0494. The smallest absolute Gasteiger partial charge is 0.490 e. The molecule has 3 N–H and O–H groups in total. The molecule has 1 aliphatic rings. The summed E-state index contributed by atoms with van der Waals surface area (Å²) in [4.78, 5) is 3.82. The molecular weight excluding hydrogens is 337 g/mol. The standard InChI is InChI=1S/C17H19F3N2O3/c1-15(2)8-7-12(9-22-11-21)16(15,23)10-24-13-3-5-14(6-4-13)25-17(18,19)20/h3-9,11,23H,10H2,1-2H3,(H2,21,22)/b12-9+. The molecule has 0 amide bonds. The Kier molecular flexibility index (Phi) is 5.12. The number of aliphatic hydroxyl groups is 1. The fourth-order valence-electron chi connectivity index (χ4n) is 2.41. The molecule has 0 spiro atoms. The van der Waals surface area contributed by atoms with Crippen LogP contribution in [0.1, 0.15) is 13.8 Å². The molecule has 0 aliphatic heterocycles. The maximum atomic E-state index is 12.2. The molecule has 1 atom stereocenters. The largest absolute Gasteiger partial charge is 0.573 e. The van der Waals surface area contributed by atoms with Gasteiger partial charge in [-0.3, -0.25) is 0 Å². The second kappa shape index (κ2) is 6.79. The van der Waals surface area contributed by atoms with Gasteiger partial charge in [0, 0.05) is 17.2 Å². The van der Waals surface area contributed by atoms with Crippen molar-refractivity contribution in [2.24, 2.45) is 16.1 Å². The fourth-order valence-corrected chi connectivity index (χ4v) is 2.41. The number of ether oxygens (including phenoxy) is 2. The Morgan fingerprint density at radius 2 is 1.80 bits per heavy atom. The van der Waals surface area contributed by atoms with Gasteiger partial charge in [0.25, 0.3) is 0 Å². The summed E-state index contributed by atoms with van der Waals surface area (Å²) in [6.07, 6.45) is 1.35. The zero-order valence-electron chi connectivity index (χ0n) is 13.7. The maximum absolute atomic E-state index is 12.2. The number of nitrogens with two attached hydrogens (primary N) is 1. The number of nitrogens with zero attached hydrogens (tertiary/aromatic N) is 1. The normalized spacial score (nSPS) is 24.2. The first-order valence-electron chi connectivity index (χ1n) is 7.42. The fraction of sp³-hybridized carbons (Fsp3) is 0.353. The highest BCUT2D eigenvalue weighted by Gasteiger charge is 2.48. The monoisotopic (exact) mass is 356 g/mol. The molecule has 0 aromatic heterocycles. The first kappa shape index (κ1) is 18.9. The van der Waals surface area contributed by atoms with E-state index in [2.05, 4.69) is 9.73 Å². The number of hydrogen-bond donors (Lipinski definition) is 2. The van der Waals surface area contributed by atoms with E-state index in [1.807, 2.05) is 19.9 Å². The molecule has 2 rings (SSSR count). The third kappa shape index (κ3) is 4.33. The molecule has 25 heavy (non-hydrogen) atoms. The summed E-state index contributed by atoms with van der Waals surface area (Å²) < 4.78 is 45.8. The Hall–Kier alpha value is -2.48. The molecule has 1 aliphatic carbocycles. The first-order chi connectivity index (χ1) is 11.6. The van der Waals surface area contributed by atoms with Crippen molar-refractivity contribution in [3.8, 4) is 11.5 Å². The number of benzene rings is 1. The van der Waals surface area contributed by atoms with Crippen LogP contribution in [0.2, 0.25) is 0 Å². The van der Waals surface area contributed by atoms with Gasteiger partial charge in [-0.15, -0.1) is 13.2 Å². The molecule has 8 heteroatoms. The van der Waals surface area contributed by atoms with Gasteiger partial charge < -0.3 is 20.3 Å². The zero-order chi connectivity index (χ0) is 18.7.